The van der Waals surface area contributed by atoms with E-state index < -0.39 is 11.8 Å². The minimum atomic E-state index is -1.04. The fraction of sp³-hybridized carbons (Fsp3) is 0.133. The van der Waals surface area contributed by atoms with Gasteiger partial charge in [-0.1, -0.05) is 6.07 Å². The van der Waals surface area contributed by atoms with E-state index in [1.165, 1.54) is 6.07 Å². The molecule has 0 spiro atoms. The van der Waals surface area contributed by atoms with E-state index in [9.17, 15) is 14.3 Å². The van der Waals surface area contributed by atoms with Crippen LogP contribution in [0.3, 0.4) is 0 Å². The number of hydrogen-bond donors (Lipinski definition) is 2. The Kier molecular flexibility index (Phi) is 3.72. The molecule has 1 aromatic carbocycles. The smallest absolute Gasteiger partial charge is 0.346 e. The van der Waals surface area contributed by atoms with Crippen molar-refractivity contribution in [2.45, 2.75) is 13.1 Å². The fourth-order valence-corrected chi connectivity index (χ4v) is 3.31. The first-order valence-corrected chi connectivity index (χ1v) is 7.14. The van der Waals surface area contributed by atoms with Gasteiger partial charge in [0, 0.05) is 22.2 Å². The van der Waals surface area contributed by atoms with Gasteiger partial charge >= 0.3 is 5.97 Å². The number of rotatable bonds is 5. The van der Waals surface area contributed by atoms with E-state index in [4.69, 9.17) is 4.42 Å². The monoisotopic (exact) mass is 305 g/mol. The van der Waals surface area contributed by atoms with Crippen molar-refractivity contribution in [2.75, 3.05) is 0 Å². The molecule has 0 amide bonds. The molecule has 0 saturated carbocycles. The molecule has 0 aliphatic heterocycles. The van der Waals surface area contributed by atoms with Crippen LogP contribution in [0.25, 0.3) is 10.1 Å². The lowest BCUT2D eigenvalue weighted by molar-refractivity contribution is 0.0701. The SMILES string of the molecule is O=C(O)c1sc2cccc(F)c2c1CNCc1ccco1. The Balaban J connectivity index is 1.91. The van der Waals surface area contributed by atoms with Crippen LogP contribution in [0.1, 0.15) is 21.0 Å². The second kappa shape index (κ2) is 5.67. The van der Waals surface area contributed by atoms with E-state index in [0.717, 1.165) is 17.1 Å². The van der Waals surface area contributed by atoms with Crippen LogP contribution >= 0.6 is 11.3 Å². The van der Waals surface area contributed by atoms with Crippen LogP contribution in [0.2, 0.25) is 0 Å². The second-order valence-corrected chi connectivity index (χ2v) is 5.56. The van der Waals surface area contributed by atoms with Crippen molar-refractivity contribution in [1.82, 2.24) is 5.32 Å². The summed E-state index contributed by atoms with van der Waals surface area (Å²) in [6.45, 7) is 0.723. The van der Waals surface area contributed by atoms with E-state index in [1.807, 2.05) is 6.07 Å². The number of furan rings is 1. The number of aromatic carboxylic acids is 1. The maximum Gasteiger partial charge on any atom is 0.346 e. The number of halogens is 1. The van der Waals surface area contributed by atoms with E-state index in [0.29, 0.717) is 22.2 Å². The highest BCUT2D eigenvalue weighted by Crippen LogP contribution is 2.33. The molecule has 108 valence electrons. The number of carbonyl (C=O) groups is 1. The zero-order valence-corrected chi connectivity index (χ0v) is 11.7. The highest BCUT2D eigenvalue weighted by molar-refractivity contribution is 7.21. The van der Waals surface area contributed by atoms with Crippen molar-refractivity contribution in [3.05, 3.63) is 58.6 Å². The van der Waals surface area contributed by atoms with E-state index in [-0.39, 0.29) is 11.4 Å². The van der Waals surface area contributed by atoms with Gasteiger partial charge in [0.05, 0.1) is 12.8 Å². The topological polar surface area (TPSA) is 62.5 Å². The van der Waals surface area contributed by atoms with Gasteiger partial charge in [0.1, 0.15) is 16.5 Å². The van der Waals surface area contributed by atoms with Gasteiger partial charge in [-0.15, -0.1) is 11.3 Å². The van der Waals surface area contributed by atoms with Crippen LogP contribution in [0.5, 0.6) is 0 Å². The third-order valence-corrected chi connectivity index (χ3v) is 4.32. The Morgan fingerprint density at radius 2 is 2.14 bits per heavy atom. The number of hydrogen-bond acceptors (Lipinski definition) is 4. The Morgan fingerprint density at radius 1 is 1.29 bits per heavy atom. The quantitative estimate of drug-likeness (QED) is 0.755. The first-order valence-electron chi connectivity index (χ1n) is 6.33. The van der Waals surface area contributed by atoms with Crippen LogP contribution < -0.4 is 5.32 Å². The largest absolute Gasteiger partial charge is 0.477 e. The average molecular weight is 305 g/mol. The molecule has 0 fully saturated rings. The molecule has 4 nitrogen and oxygen atoms in total. The summed E-state index contributed by atoms with van der Waals surface area (Å²) >= 11 is 1.09. The average Bonchev–Trinajstić information content (AvgIpc) is 3.07. The van der Waals surface area contributed by atoms with Crippen molar-refractivity contribution in [2.24, 2.45) is 0 Å². The Labute approximate surface area is 123 Å². The fourth-order valence-electron chi connectivity index (χ4n) is 2.23. The van der Waals surface area contributed by atoms with Crippen molar-refractivity contribution in [1.29, 1.82) is 0 Å². The Hall–Kier alpha value is -2.18. The number of carboxylic acid groups (broad SMARTS) is 1. The van der Waals surface area contributed by atoms with Crippen LogP contribution in [0, 0.1) is 5.82 Å². The van der Waals surface area contributed by atoms with Crippen molar-refractivity contribution >= 4 is 27.4 Å². The highest BCUT2D eigenvalue weighted by atomic mass is 32.1. The summed E-state index contributed by atoms with van der Waals surface area (Å²) in [5, 5.41) is 12.8. The molecule has 0 bridgehead atoms. The summed E-state index contributed by atoms with van der Waals surface area (Å²) in [5.41, 5.74) is 0.479. The van der Waals surface area contributed by atoms with Crippen LogP contribution in [0.15, 0.2) is 41.0 Å². The Morgan fingerprint density at radius 3 is 2.86 bits per heavy atom. The van der Waals surface area contributed by atoms with Gasteiger partial charge < -0.3 is 14.8 Å². The number of nitrogens with one attached hydrogen (secondary N) is 1. The van der Waals surface area contributed by atoms with Gasteiger partial charge in [-0.2, -0.15) is 0 Å². The van der Waals surface area contributed by atoms with Crippen LogP contribution in [-0.2, 0) is 13.1 Å². The molecular formula is C15H12FNO3S. The minimum Gasteiger partial charge on any atom is -0.477 e. The molecule has 6 heteroatoms. The molecule has 0 unspecified atom stereocenters. The first-order chi connectivity index (χ1) is 10.2. The predicted molar refractivity (Wildman–Crippen MR) is 78.0 cm³/mol. The van der Waals surface area contributed by atoms with Gasteiger partial charge in [0.2, 0.25) is 0 Å². The minimum absolute atomic E-state index is 0.169. The molecule has 0 saturated heterocycles. The summed E-state index contributed by atoms with van der Waals surface area (Å²) < 4.78 is 19.8. The lowest BCUT2D eigenvalue weighted by atomic mass is 10.1. The molecule has 3 aromatic rings. The molecule has 2 aromatic heterocycles. The van der Waals surface area contributed by atoms with E-state index >= 15 is 0 Å². The molecule has 0 aliphatic carbocycles. The van der Waals surface area contributed by atoms with Gasteiger partial charge in [-0.05, 0) is 24.3 Å². The zero-order chi connectivity index (χ0) is 14.8. The third-order valence-electron chi connectivity index (χ3n) is 3.14. The van der Waals surface area contributed by atoms with Crippen molar-refractivity contribution in [3.63, 3.8) is 0 Å². The van der Waals surface area contributed by atoms with Crippen LogP contribution in [0.4, 0.5) is 4.39 Å². The summed E-state index contributed by atoms with van der Waals surface area (Å²) in [5.74, 6) is -0.691. The normalized spacial score (nSPS) is 11.1. The van der Waals surface area contributed by atoms with E-state index in [1.54, 1.807) is 24.5 Å². The summed E-state index contributed by atoms with van der Waals surface area (Å²) in [6.07, 6.45) is 1.57. The number of fused-ring (bicyclic) bond motifs is 1. The molecule has 0 atom stereocenters. The maximum absolute atomic E-state index is 14.0. The highest BCUT2D eigenvalue weighted by Gasteiger charge is 2.19. The molecule has 2 N–H and O–H groups in total. The van der Waals surface area contributed by atoms with Gasteiger partial charge in [-0.3, -0.25) is 0 Å². The standard InChI is InChI=1S/C15H12FNO3S/c16-11-4-1-5-12-13(11)10(14(21-12)15(18)19)8-17-7-9-3-2-6-20-9/h1-6,17H,7-8H2,(H,18,19). The number of carboxylic acids is 1. The molecule has 21 heavy (non-hydrogen) atoms. The summed E-state index contributed by atoms with van der Waals surface area (Å²) in [7, 11) is 0. The van der Waals surface area contributed by atoms with Gasteiger partial charge in [0.15, 0.2) is 0 Å². The number of benzene rings is 1. The molecule has 0 aliphatic rings. The van der Waals surface area contributed by atoms with Crippen LogP contribution in [-0.4, -0.2) is 11.1 Å². The van der Waals surface area contributed by atoms with Gasteiger partial charge in [0.25, 0.3) is 0 Å². The molecule has 2 heterocycles. The second-order valence-electron chi connectivity index (χ2n) is 4.51. The lowest BCUT2D eigenvalue weighted by Crippen LogP contribution is -2.14. The van der Waals surface area contributed by atoms with Crippen molar-refractivity contribution in [3.8, 4) is 0 Å². The lowest BCUT2D eigenvalue weighted by Gasteiger charge is -2.04. The molecule has 0 radical (unpaired) electrons. The molecular weight excluding hydrogens is 293 g/mol. The van der Waals surface area contributed by atoms with E-state index in [2.05, 4.69) is 5.32 Å². The number of thiophene rings is 1. The summed E-state index contributed by atoms with van der Waals surface area (Å²) in [4.78, 5) is 11.5. The van der Waals surface area contributed by atoms with Crippen molar-refractivity contribution < 1.29 is 18.7 Å². The third kappa shape index (κ3) is 2.68. The Bertz CT molecular complexity index is 780. The summed E-state index contributed by atoms with van der Waals surface area (Å²) in [6, 6.07) is 8.25. The maximum atomic E-state index is 14.0. The van der Waals surface area contributed by atoms with Gasteiger partial charge in [-0.25, -0.2) is 9.18 Å². The molecule has 3 rings (SSSR count). The first kappa shape index (κ1) is 13.8. The predicted octanol–water partition coefficient (Wildman–Crippen LogP) is 3.62. The zero-order valence-electron chi connectivity index (χ0n) is 10.9.